The molecular weight excluding hydrogens is 372 g/mol. The maximum atomic E-state index is 10.3. The lowest BCUT2D eigenvalue weighted by Gasteiger charge is -2.60. The van der Waals surface area contributed by atoms with Gasteiger partial charge in [0.1, 0.15) is 6.10 Å². The second-order valence-corrected chi connectivity index (χ2v) is 12.4. The molecule has 10 atom stereocenters. The minimum absolute atomic E-state index is 0.0486. The van der Waals surface area contributed by atoms with Crippen molar-refractivity contribution in [3.05, 3.63) is 11.3 Å². The van der Waals surface area contributed by atoms with Gasteiger partial charge in [-0.3, -0.25) is 0 Å². The number of aliphatic hydroxyl groups excluding tert-OH is 2. The van der Waals surface area contributed by atoms with Gasteiger partial charge in [-0.15, -0.1) is 0 Å². The van der Waals surface area contributed by atoms with Crippen LogP contribution in [0.2, 0.25) is 0 Å². The molecule has 4 fully saturated rings. The van der Waals surface area contributed by atoms with Crippen molar-refractivity contribution in [1.29, 1.82) is 0 Å². The summed E-state index contributed by atoms with van der Waals surface area (Å²) in [6.45, 7) is 9.94. The fraction of sp³-hybridized carbons (Fsp3) is 0.926. The average Bonchev–Trinajstić information content (AvgIpc) is 3.20. The molecule has 0 unspecified atom stereocenters. The maximum absolute atomic E-state index is 10.3. The van der Waals surface area contributed by atoms with Gasteiger partial charge in [-0.05, 0) is 111 Å². The summed E-state index contributed by atoms with van der Waals surface area (Å²) in [7, 11) is 0. The van der Waals surface area contributed by atoms with E-state index in [0.29, 0.717) is 28.8 Å². The van der Waals surface area contributed by atoms with Crippen LogP contribution >= 0.6 is 0 Å². The lowest BCUT2D eigenvalue weighted by atomic mass is 9.44. The Morgan fingerprint density at radius 3 is 2.57 bits per heavy atom. The van der Waals surface area contributed by atoms with E-state index in [9.17, 15) is 10.2 Å². The Morgan fingerprint density at radius 1 is 1.03 bits per heavy atom. The molecule has 0 aromatic carbocycles. The Balaban J connectivity index is 1.36. The normalized spacial score (nSPS) is 50.9. The first-order chi connectivity index (χ1) is 14.3. The number of ether oxygens (including phenoxy) is 1. The van der Waals surface area contributed by atoms with Gasteiger partial charge < -0.3 is 14.9 Å². The third-order valence-electron chi connectivity index (χ3n) is 11.0. The summed E-state index contributed by atoms with van der Waals surface area (Å²) < 4.78 is 6.64. The van der Waals surface area contributed by atoms with Crippen LogP contribution < -0.4 is 0 Å². The lowest BCUT2D eigenvalue weighted by Crippen LogP contribution is -2.54. The number of allylic oxidation sites excluding steroid dienone is 1. The van der Waals surface area contributed by atoms with Crippen LogP contribution in [0, 0.1) is 46.3 Å². The predicted octanol–water partition coefficient (Wildman–Crippen LogP) is 5.70. The van der Waals surface area contributed by atoms with Crippen molar-refractivity contribution in [2.45, 2.75) is 104 Å². The minimum atomic E-state index is -0.0486. The summed E-state index contributed by atoms with van der Waals surface area (Å²) in [6, 6.07) is 0. The molecule has 1 aliphatic heterocycles. The molecule has 1 heterocycles. The largest absolute Gasteiger partial charge is 0.494 e. The van der Waals surface area contributed by atoms with Gasteiger partial charge in [-0.25, -0.2) is 0 Å². The molecular formula is C27H44O3. The molecule has 4 saturated carbocycles. The van der Waals surface area contributed by atoms with Crippen molar-refractivity contribution in [3.8, 4) is 0 Å². The van der Waals surface area contributed by atoms with Gasteiger partial charge in [0.2, 0.25) is 0 Å². The number of hydrogen-bond acceptors (Lipinski definition) is 3. The fourth-order valence-corrected chi connectivity index (χ4v) is 9.29. The zero-order chi connectivity index (χ0) is 21.3. The van der Waals surface area contributed by atoms with Gasteiger partial charge in [0.15, 0.2) is 0 Å². The number of fused-ring (bicyclic) bond motifs is 7. The summed E-state index contributed by atoms with van der Waals surface area (Å²) in [5.41, 5.74) is 2.39. The van der Waals surface area contributed by atoms with E-state index in [-0.39, 0.29) is 12.7 Å². The van der Waals surface area contributed by atoms with Crippen LogP contribution in [0.4, 0.5) is 0 Å². The van der Waals surface area contributed by atoms with E-state index in [1.807, 2.05) is 0 Å². The molecule has 4 aliphatic carbocycles. The van der Waals surface area contributed by atoms with Gasteiger partial charge in [0, 0.05) is 18.9 Å². The van der Waals surface area contributed by atoms with Crippen LogP contribution in [0.3, 0.4) is 0 Å². The van der Waals surface area contributed by atoms with Crippen molar-refractivity contribution in [1.82, 2.24) is 0 Å². The fourth-order valence-electron chi connectivity index (χ4n) is 9.29. The molecule has 5 aliphatic rings. The number of rotatable bonds is 4. The first-order valence-corrected chi connectivity index (χ1v) is 12.9. The van der Waals surface area contributed by atoms with Crippen LogP contribution in [0.1, 0.15) is 91.9 Å². The molecule has 0 bridgehead atoms. The van der Waals surface area contributed by atoms with Crippen molar-refractivity contribution in [2.75, 3.05) is 6.61 Å². The molecule has 0 aromatic rings. The highest BCUT2D eigenvalue weighted by molar-refractivity contribution is 5.26. The molecule has 0 radical (unpaired) electrons. The highest BCUT2D eigenvalue weighted by atomic mass is 16.5. The van der Waals surface area contributed by atoms with E-state index in [2.05, 4.69) is 27.7 Å². The van der Waals surface area contributed by atoms with Gasteiger partial charge in [0.25, 0.3) is 0 Å². The van der Waals surface area contributed by atoms with Crippen molar-refractivity contribution in [2.24, 2.45) is 46.3 Å². The summed E-state index contributed by atoms with van der Waals surface area (Å²) in [5.74, 6) is 5.49. The third-order valence-corrected chi connectivity index (χ3v) is 11.0. The van der Waals surface area contributed by atoms with Gasteiger partial charge in [-0.2, -0.15) is 0 Å². The van der Waals surface area contributed by atoms with Crippen LogP contribution in [-0.2, 0) is 4.74 Å². The first-order valence-electron chi connectivity index (χ1n) is 12.9. The SMILES string of the molecule is CC1=C(CC[C@@H](C)CO)O[C@H]2C[C@@H]3[C@@H]4CC[C@H]5C[C@@H](O)CC[C@]5(C)[C@@H]4CC[C@]3(C)[C@@H]12. The van der Waals surface area contributed by atoms with Crippen LogP contribution in [0.25, 0.3) is 0 Å². The molecule has 3 nitrogen and oxygen atoms in total. The maximum Gasteiger partial charge on any atom is 0.106 e. The Hall–Kier alpha value is -0.540. The Labute approximate surface area is 183 Å². The Morgan fingerprint density at radius 2 is 1.80 bits per heavy atom. The van der Waals surface area contributed by atoms with Crippen molar-refractivity contribution < 1.29 is 14.9 Å². The summed E-state index contributed by atoms with van der Waals surface area (Å²) in [4.78, 5) is 0. The smallest absolute Gasteiger partial charge is 0.106 e. The van der Waals surface area contributed by atoms with Crippen LogP contribution in [0.5, 0.6) is 0 Å². The number of hydrogen-bond donors (Lipinski definition) is 2. The Bertz CT molecular complexity index is 700. The van der Waals surface area contributed by atoms with E-state index >= 15 is 0 Å². The quantitative estimate of drug-likeness (QED) is 0.618. The van der Waals surface area contributed by atoms with E-state index in [1.54, 1.807) is 0 Å². The molecule has 0 saturated heterocycles. The van der Waals surface area contributed by atoms with E-state index in [4.69, 9.17) is 4.74 Å². The van der Waals surface area contributed by atoms with Crippen LogP contribution in [-0.4, -0.2) is 29.0 Å². The van der Waals surface area contributed by atoms with Crippen molar-refractivity contribution >= 4 is 0 Å². The molecule has 0 spiro atoms. The van der Waals surface area contributed by atoms with Gasteiger partial charge in [-0.1, -0.05) is 20.8 Å². The van der Waals surface area contributed by atoms with E-state index in [0.717, 1.165) is 49.4 Å². The highest BCUT2D eigenvalue weighted by Crippen LogP contribution is 2.69. The highest BCUT2D eigenvalue weighted by Gasteiger charge is 2.64. The van der Waals surface area contributed by atoms with Gasteiger partial charge >= 0.3 is 0 Å². The first kappa shape index (κ1) is 21.3. The van der Waals surface area contributed by atoms with E-state index in [1.165, 1.54) is 49.9 Å². The zero-order valence-electron chi connectivity index (χ0n) is 19.7. The monoisotopic (exact) mass is 416 g/mol. The second kappa shape index (κ2) is 7.51. The van der Waals surface area contributed by atoms with Crippen LogP contribution in [0.15, 0.2) is 11.3 Å². The molecule has 5 rings (SSSR count). The number of aliphatic hydroxyl groups is 2. The lowest BCUT2D eigenvalue weighted by molar-refractivity contribution is -0.124. The summed E-state index contributed by atoms with van der Waals surface area (Å²) >= 11 is 0. The summed E-state index contributed by atoms with van der Waals surface area (Å²) in [5, 5.41) is 19.7. The second-order valence-electron chi connectivity index (χ2n) is 12.4. The molecule has 2 N–H and O–H groups in total. The zero-order valence-corrected chi connectivity index (χ0v) is 19.7. The molecule has 170 valence electrons. The van der Waals surface area contributed by atoms with E-state index < -0.39 is 0 Å². The molecule has 0 aromatic heterocycles. The standard InChI is InChI=1S/C27H44O3/c1-16(15-28)5-8-23-17(2)25-24(30-23)14-22-20-7-6-18-13-19(29)9-11-26(18,3)21(20)10-12-27(22,25)4/h16,18-22,24-25,28-29H,5-15H2,1-4H3/t16-,18+,19+,20-,21-,22-,24+,25+,26+,27+/m1/s1. The molecule has 3 heteroatoms. The minimum Gasteiger partial charge on any atom is -0.494 e. The van der Waals surface area contributed by atoms with Crippen molar-refractivity contribution in [3.63, 3.8) is 0 Å². The topological polar surface area (TPSA) is 49.7 Å². The average molecular weight is 417 g/mol. The predicted molar refractivity (Wildman–Crippen MR) is 120 cm³/mol. The Kier molecular flexibility index (Phi) is 5.33. The third kappa shape index (κ3) is 3.04. The summed E-state index contributed by atoms with van der Waals surface area (Å²) in [6.07, 6.45) is 12.4. The molecule has 0 amide bonds. The molecule has 30 heavy (non-hydrogen) atoms. The van der Waals surface area contributed by atoms with Gasteiger partial charge in [0.05, 0.1) is 11.9 Å².